The number of rotatable bonds is 5. The highest BCUT2D eigenvalue weighted by molar-refractivity contribution is 5.94. The van der Waals surface area contributed by atoms with Crippen molar-refractivity contribution in [2.75, 3.05) is 25.0 Å². The lowest BCUT2D eigenvalue weighted by molar-refractivity contribution is 0.174. The minimum atomic E-state index is -0.376. The number of fused-ring (bicyclic) bond motifs is 1. The van der Waals surface area contributed by atoms with Crippen molar-refractivity contribution in [1.29, 1.82) is 0 Å². The van der Waals surface area contributed by atoms with Crippen LogP contribution in [0.2, 0.25) is 0 Å². The molecule has 18 heavy (non-hydrogen) atoms. The van der Waals surface area contributed by atoms with Crippen molar-refractivity contribution in [1.82, 2.24) is 0 Å². The second-order valence-electron chi connectivity index (χ2n) is 4.61. The molecule has 0 amide bonds. The number of nitrogens with zero attached hydrogens (tertiary/aromatic N) is 1. The normalized spacial score (nSPS) is 12.6. The third-order valence-corrected chi connectivity index (χ3v) is 3.16. The van der Waals surface area contributed by atoms with Crippen molar-refractivity contribution in [2.24, 2.45) is 5.73 Å². The van der Waals surface area contributed by atoms with E-state index in [1.165, 1.54) is 10.8 Å². The van der Waals surface area contributed by atoms with Gasteiger partial charge in [-0.1, -0.05) is 36.4 Å². The zero-order valence-electron chi connectivity index (χ0n) is 10.7. The van der Waals surface area contributed by atoms with Crippen LogP contribution in [0.3, 0.4) is 0 Å². The van der Waals surface area contributed by atoms with E-state index in [1.54, 1.807) is 0 Å². The molecule has 0 aliphatic heterocycles. The molecule has 96 valence electrons. The molecule has 0 spiro atoms. The van der Waals surface area contributed by atoms with Crippen molar-refractivity contribution in [2.45, 2.75) is 12.5 Å². The third kappa shape index (κ3) is 2.81. The molecule has 0 fully saturated rings. The van der Waals surface area contributed by atoms with Crippen LogP contribution in [0.15, 0.2) is 42.5 Å². The van der Waals surface area contributed by atoms with Gasteiger partial charge in [-0.05, 0) is 24.4 Å². The van der Waals surface area contributed by atoms with Gasteiger partial charge < -0.3 is 15.7 Å². The Morgan fingerprint density at radius 3 is 2.67 bits per heavy atom. The lowest BCUT2D eigenvalue weighted by Crippen LogP contribution is -2.30. The molecule has 0 radical (unpaired) electrons. The first-order chi connectivity index (χ1) is 8.72. The first-order valence-electron chi connectivity index (χ1n) is 6.29. The van der Waals surface area contributed by atoms with Crippen LogP contribution in [0, 0.1) is 0 Å². The summed E-state index contributed by atoms with van der Waals surface area (Å²) in [6.07, 6.45) is 0.258. The molecular formula is C15H20N2O. The van der Waals surface area contributed by atoms with Crippen LogP contribution in [-0.2, 0) is 0 Å². The molecule has 0 heterocycles. The predicted octanol–water partition coefficient (Wildman–Crippen LogP) is 1.99. The number of aliphatic hydroxyl groups is 1. The van der Waals surface area contributed by atoms with E-state index in [1.807, 2.05) is 25.2 Å². The summed E-state index contributed by atoms with van der Waals surface area (Å²) < 4.78 is 0. The van der Waals surface area contributed by atoms with E-state index >= 15 is 0 Å². The fraction of sp³-hybridized carbons (Fsp3) is 0.333. The maximum atomic E-state index is 9.83. The molecule has 3 heteroatoms. The molecule has 2 rings (SSSR count). The van der Waals surface area contributed by atoms with Crippen LogP contribution in [0.1, 0.15) is 6.42 Å². The van der Waals surface area contributed by atoms with Crippen LogP contribution >= 0.6 is 0 Å². The van der Waals surface area contributed by atoms with Crippen LogP contribution in [0.4, 0.5) is 5.69 Å². The molecule has 3 N–H and O–H groups in total. The van der Waals surface area contributed by atoms with E-state index in [0.29, 0.717) is 19.5 Å². The predicted molar refractivity (Wildman–Crippen MR) is 76.9 cm³/mol. The molecule has 3 nitrogen and oxygen atoms in total. The van der Waals surface area contributed by atoms with Crippen LogP contribution in [-0.4, -0.2) is 31.3 Å². The maximum absolute atomic E-state index is 9.83. The Morgan fingerprint density at radius 1 is 1.17 bits per heavy atom. The summed E-state index contributed by atoms with van der Waals surface area (Å²) in [4.78, 5) is 2.09. The fourth-order valence-corrected chi connectivity index (χ4v) is 2.24. The van der Waals surface area contributed by atoms with Crippen molar-refractivity contribution in [3.05, 3.63) is 42.5 Å². The van der Waals surface area contributed by atoms with E-state index in [4.69, 9.17) is 5.73 Å². The average Bonchev–Trinajstić information content (AvgIpc) is 2.38. The average molecular weight is 244 g/mol. The molecule has 0 bridgehead atoms. The van der Waals surface area contributed by atoms with Crippen molar-refractivity contribution < 1.29 is 5.11 Å². The van der Waals surface area contributed by atoms with E-state index in [0.717, 1.165) is 5.69 Å². The number of nitrogens with two attached hydrogens (primary N) is 1. The van der Waals surface area contributed by atoms with Gasteiger partial charge in [-0.3, -0.25) is 0 Å². The van der Waals surface area contributed by atoms with E-state index in [9.17, 15) is 5.11 Å². The molecular weight excluding hydrogens is 224 g/mol. The first kappa shape index (κ1) is 12.9. The number of anilines is 1. The lowest BCUT2D eigenvalue weighted by Gasteiger charge is -2.24. The van der Waals surface area contributed by atoms with E-state index in [-0.39, 0.29) is 6.10 Å². The number of hydrogen-bond donors (Lipinski definition) is 2. The molecule has 0 aliphatic carbocycles. The largest absolute Gasteiger partial charge is 0.391 e. The molecule has 0 saturated carbocycles. The number of aliphatic hydroxyl groups excluding tert-OH is 1. The van der Waals surface area contributed by atoms with Gasteiger partial charge in [0.2, 0.25) is 0 Å². The molecule has 0 aromatic heterocycles. The van der Waals surface area contributed by atoms with Crippen LogP contribution in [0.5, 0.6) is 0 Å². The SMILES string of the molecule is CN(CC(O)CCN)c1cccc2ccccc12. The lowest BCUT2D eigenvalue weighted by atomic mass is 10.1. The van der Waals surface area contributed by atoms with Gasteiger partial charge in [0, 0.05) is 24.7 Å². The Hall–Kier alpha value is -1.58. The number of hydrogen-bond acceptors (Lipinski definition) is 3. The minimum Gasteiger partial charge on any atom is -0.391 e. The van der Waals surface area contributed by atoms with Gasteiger partial charge in [0.05, 0.1) is 6.10 Å². The van der Waals surface area contributed by atoms with Gasteiger partial charge in [0.15, 0.2) is 0 Å². The summed E-state index contributed by atoms with van der Waals surface area (Å²) in [6, 6.07) is 14.5. The monoisotopic (exact) mass is 244 g/mol. The second kappa shape index (κ2) is 5.85. The zero-order valence-corrected chi connectivity index (χ0v) is 10.7. The third-order valence-electron chi connectivity index (χ3n) is 3.16. The molecule has 1 unspecified atom stereocenters. The van der Waals surface area contributed by atoms with E-state index < -0.39 is 0 Å². The Morgan fingerprint density at radius 2 is 1.89 bits per heavy atom. The van der Waals surface area contributed by atoms with Crippen molar-refractivity contribution in [3.63, 3.8) is 0 Å². The summed E-state index contributed by atoms with van der Waals surface area (Å²) in [6.45, 7) is 1.12. The highest BCUT2D eigenvalue weighted by Crippen LogP contribution is 2.25. The maximum Gasteiger partial charge on any atom is 0.0726 e. The minimum absolute atomic E-state index is 0.376. The molecule has 2 aromatic rings. The summed E-state index contributed by atoms with van der Waals surface area (Å²) >= 11 is 0. The van der Waals surface area contributed by atoms with Gasteiger partial charge in [-0.2, -0.15) is 0 Å². The molecule has 0 aliphatic rings. The molecule has 0 saturated heterocycles. The smallest absolute Gasteiger partial charge is 0.0726 e. The first-order valence-corrected chi connectivity index (χ1v) is 6.29. The highest BCUT2D eigenvalue weighted by atomic mass is 16.3. The summed E-state index contributed by atoms with van der Waals surface area (Å²) in [5.41, 5.74) is 6.60. The summed E-state index contributed by atoms with van der Waals surface area (Å²) in [7, 11) is 2.00. The van der Waals surface area contributed by atoms with Gasteiger partial charge in [-0.25, -0.2) is 0 Å². The Labute approximate surface area is 108 Å². The molecule has 1 atom stereocenters. The van der Waals surface area contributed by atoms with Crippen molar-refractivity contribution >= 4 is 16.5 Å². The highest BCUT2D eigenvalue weighted by Gasteiger charge is 2.10. The van der Waals surface area contributed by atoms with Crippen LogP contribution < -0.4 is 10.6 Å². The van der Waals surface area contributed by atoms with Gasteiger partial charge in [-0.15, -0.1) is 0 Å². The quantitative estimate of drug-likeness (QED) is 0.845. The standard InChI is InChI=1S/C15H20N2O/c1-17(11-13(18)9-10-16)15-8-4-6-12-5-2-3-7-14(12)15/h2-8,13,18H,9-11,16H2,1H3. The summed E-state index contributed by atoms with van der Waals surface area (Å²) in [5.74, 6) is 0. The van der Waals surface area contributed by atoms with Crippen molar-refractivity contribution in [3.8, 4) is 0 Å². The molecule has 2 aromatic carbocycles. The summed E-state index contributed by atoms with van der Waals surface area (Å²) in [5, 5.41) is 12.3. The number of benzene rings is 2. The van der Waals surface area contributed by atoms with Gasteiger partial charge in [0.1, 0.15) is 0 Å². The number of likely N-dealkylation sites (N-methyl/N-ethyl adjacent to an activating group) is 1. The zero-order chi connectivity index (χ0) is 13.0. The Balaban J connectivity index is 2.24. The topological polar surface area (TPSA) is 49.5 Å². The Kier molecular flexibility index (Phi) is 4.18. The van der Waals surface area contributed by atoms with Crippen LogP contribution in [0.25, 0.3) is 10.8 Å². The Bertz CT molecular complexity index is 507. The van der Waals surface area contributed by atoms with Gasteiger partial charge >= 0.3 is 0 Å². The van der Waals surface area contributed by atoms with Gasteiger partial charge in [0.25, 0.3) is 0 Å². The second-order valence-corrected chi connectivity index (χ2v) is 4.61. The fourth-order valence-electron chi connectivity index (χ4n) is 2.24. The van der Waals surface area contributed by atoms with E-state index in [2.05, 4.69) is 29.2 Å².